The lowest BCUT2D eigenvalue weighted by atomic mass is 9.82. The van der Waals surface area contributed by atoms with E-state index in [4.69, 9.17) is 0 Å². The Labute approximate surface area is 245 Å². The lowest BCUT2D eigenvalue weighted by Gasteiger charge is -2.21. The highest BCUT2D eigenvalue weighted by Crippen LogP contribution is 2.45. The molecule has 0 atom stereocenters. The summed E-state index contributed by atoms with van der Waals surface area (Å²) in [4.78, 5) is 0. The second kappa shape index (κ2) is 9.58. The van der Waals surface area contributed by atoms with E-state index in [1.165, 1.54) is 76.1 Å². The van der Waals surface area contributed by atoms with Gasteiger partial charge >= 0.3 is 0 Å². The Morgan fingerprint density at radius 3 is 1.29 bits per heavy atom. The van der Waals surface area contributed by atoms with Crippen molar-refractivity contribution >= 4 is 66.0 Å². The fourth-order valence-electron chi connectivity index (χ4n) is 6.93. The van der Waals surface area contributed by atoms with E-state index in [9.17, 15) is 0 Å². The monoisotopic (exact) mass is 532 g/mol. The van der Waals surface area contributed by atoms with Gasteiger partial charge in [-0.3, -0.25) is 0 Å². The average molecular weight is 533 g/mol. The standard InChI is InChI=1S/C42H28/c1-3-31-32(4-2)42(39-20-12-11-19-38(39)41(31)29-22-21-27-13-5-6-14-28(27)25-29)30-23-24-37-35-17-8-7-15-33(35)34-16-9-10-18-36(34)40(37)26-30/h3-26H,1-2H2. The van der Waals surface area contributed by atoms with E-state index in [1.807, 2.05) is 12.2 Å². The van der Waals surface area contributed by atoms with Crippen LogP contribution in [0.4, 0.5) is 0 Å². The summed E-state index contributed by atoms with van der Waals surface area (Å²) in [6, 6.07) is 48.5. The van der Waals surface area contributed by atoms with Gasteiger partial charge in [0, 0.05) is 0 Å². The molecule has 8 aromatic rings. The molecule has 0 saturated heterocycles. The highest BCUT2D eigenvalue weighted by atomic mass is 14.2. The number of fused-ring (bicyclic) bond motifs is 8. The van der Waals surface area contributed by atoms with E-state index < -0.39 is 0 Å². The van der Waals surface area contributed by atoms with Crippen LogP contribution in [0.25, 0.3) is 88.3 Å². The number of hydrogen-bond donors (Lipinski definition) is 0. The molecule has 0 aromatic heterocycles. The summed E-state index contributed by atoms with van der Waals surface area (Å²) in [7, 11) is 0. The average Bonchev–Trinajstić information content (AvgIpc) is 3.06. The maximum atomic E-state index is 4.32. The van der Waals surface area contributed by atoms with Crippen molar-refractivity contribution in [2.45, 2.75) is 0 Å². The van der Waals surface area contributed by atoms with Crippen LogP contribution in [0.1, 0.15) is 11.1 Å². The second-order valence-corrected chi connectivity index (χ2v) is 10.9. The van der Waals surface area contributed by atoms with Gasteiger partial charge in [-0.1, -0.05) is 147 Å². The molecule has 0 heteroatoms. The third kappa shape index (κ3) is 3.56. The van der Waals surface area contributed by atoms with Crippen LogP contribution in [-0.2, 0) is 0 Å². The molecule has 0 fully saturated rings. The van der Waals surface area contributed by atoms with Crippen molar-refractivity contribution in [3.63, 3.8) is 0 Å². The zero-order valence-corrected chi connectivity index (χ0v) is 23.3. The van der Waals surface area contributed by atoms with Gasteiger partial charge in [-0.25, -0.2) is 0 Å². The molecule has 0 saturated carbocycles. The van der Waals surface area contributed by atoms with Crippen molar-refractivity contribution in [2.24, 2.45) is 0 Å². The molecule has 0 spiro atoms. The summed E-state index contributed by atoms with van der Waals surface area (Å²) in [5, 5.41) is 12.6. The predicted molar refractivity (Wildman–Crippen MR) is 185 cm³/mol. The van der Waals surface area contributed by atoms with Gasteiger partial charge in [-0.05, 0) is 99.4 Å². The first-order valence-electron chi connectivity index (χ1n) is 14.4. The molecule has 0 aliphatic rings. The number of rotatable bonds is 4. The smallest absolute Gasteiger partial charge is 0.00264 e. The minimum absolute atomic E-state index is 1.11. The molecule has 0 nitrogen and oxygen atoms in total. The zero-order chi connectivity index (χ0) is 28.2. The van der Waals surface area contributed by atoms with Gasteiger partial charge in [-0.2, -0.15) is 0 Å². The molecule has 8 rings (SSSR count). The first-order valence-corrected chi connectivity index (χ1v) is 14.4. The Hall–Kier alpha value is -5.46. The number of benzene rings is 8. The minimum atomic E-state index is 1.11. The molecular formula is C42H28. The second-order valence-electron chi connectivity index (χ2n) is 10.9. The van der Waals surface area contributed by atoms with E-state index in [2.05, 4.69) is 147 Å². The first kappa shape index (κ1) is 24.3. The molecule has 0 aliphatic heterocycles. The summed E-state index contributed by atoms with van der Waals surface area (Å²) in [5.41, 5.74) is 6.97. The van der Waals surface area contributed by atoms with Crippen LogP contribution < -0.4 is 0 Å². The van der Waals surface area contributed by atoms with Crippen LogP contribution in [0.15, 0.2) is 147 Å². The van der Waals surface area contributed by atoms with Crippen LogP contribution in [0.5, 0.6) is 0 Å². The Kier molecular flexibility index (Phi) is 5.55. The van der Waals surface area contributed by atoms with E-state index in [0.717, 1.165) is 11.1 Å². The van der Waals surface area contributed by atoms with Gasteiger partial charge in [0.05, 0.1) is 0 Å². The third-order valence-corrected chi connectivity index (χ3v) is 8.77. The summed E-state index contributed by atoms with van der Waals surface area (Å²) in [5.74, 6) is 0. The van der Waals surface area contributed by atoms with Crippen molar-refractivity contribution in [1.82, 2.24) is 0 Å². The SMILES string of the molecule is C=Cc1c(C=C)c(-c2ccc3c4ccccc4c4ccccc4c3c2)c2ccccc2c1-c1ccc2ccccc2c1. The molecule has 0 unspecified atom stereocenters. The molecule has 8 aromatic carbocycles. The van der Waals surface area contributed by atoms with Gasteiger partial charge in [-0.15, -0.1) is 0 Å². The van der Waals surface area contributed by atoms with Crippen molar-refractivity contribution in [3.8, 4) is 22.3 Å². The summed E-state index contributed by atoms with van der Waals surface area (Å²) < 4.78 is 0. The van der Waals surface area contributed by atoms with E-state index in [1.54, 1.807) is 0 Å². The van der Waals surface area contributed by atoms with Crippen LogP contribution in [-0.4, -0.2) is 0 Å². The Morgan fingerprint density at radius 2 is 0.738 bits per heavy atom. The molecule has 42 heavy (non-hydrogen) atoms. The van der Waals surface area contributed by atoms with Gasteiger partial charge in [0.1, 0.15) is 0 Å². The molecule has 0 amide bonds. The normalized spacial score (nSPS) is 11.5. The fourth-order valence-corrected chi connectivity index (χ4v) is 6.93. The third-order valence-electron chi connectivity index (χ3n) is 8.77. The van der Waals surface area contributed by atoms with Crippen LogP contribution in [0.3, 0.4) is 0 Å². The highest BCUT2D eigenvalue weighted by Gasteiger charge is 2.20. The van der Waals surface area contributed by atoms with Crippen LogP contribution >= 0.6 is 0 Å². The zero-order valence-electron chi connectivity index (χ0n) is 23.3. The largest absolute Gasteiger partial charge is 0.0984 e. The van der Waals surface area contributed by atoms with Crippen molar-refractivity contribution in [3.05, 3.63) is 158 Å². The molecular weight excluding hydrogens is 504 g/mol. The van der Waals surface area contributed by atoms with Crippen molar-refractivity contribution in [2.75, 3.05) is 0 Å². The summed E-state index contributed by atoms with van der Waals surface area (Å²) in [6.45, 7) is 8.63. The quantitative estimate of drug-likeness (QED) is 0.198. The maximum Gasteiger partial charge on any atom is -0.00264 e. The van der Waals surface area contributed by atoms with Gasteiger partial charge in [0.2, 0.25) is 0 Å². The molecule has 196 valence electrons. The molecule has 0 aliphatic carbocycles. The fraction of sp³-hybridized carbons (Fsp3) is 0. The van der Waals surface area contributed by atoms with Crippen molar-refractivity contribution < 1.29 is 0 Å². The van der Waals surface area contributed by atoms with E-state index >= 15 is 0 Å². The first-order chi connectivity index (χ1) is 20.8. The maximum absolute atomic E-state index is 4.32. The Bertz CT molecular complexity index is 2350. The van der Waals surface area contributed by atoms with E-state index in [-0.39, 0.29) is 0 Å². The highest BCUT2D eigenvalue weighted by molar-refractivity contribution is 6.26. The van der Waals surface area contributed by atoms with Crippen LogP contribution in [0.2, 0.25) is 0 Å². The lowest BCUT2D eigenvalue weighted by molar-refractivity contribution is 1.60. The predicted octanol–water partition coefficient (Wildman–Crippen LogP) is 12.1. The number of hydrogen-bond acceptors (Lipinski definition) is 0. The van der Waals surface area contributed by atoms with Gasteiger partial charge < -0.3 is 0 Å². The van der Waals surface area contributed by atoms with Crippen molar-refractivity contribution in [1.29, 1.82) is 0 Å². The van der Waals surface area contributed by atoms with Gasteiger partial charge in [0.15, 0.2) is 0 Å². The van der Waals surface area contributed by atoms with Crippen LogP contribution in [0, 0.1) is 0 Å². The summed E-state index contributed by atoms with van der Waals surface area (Å²) in [6.07, 6.45) is 4.01. The Morgan fingerprint density at radius 1 is 0.333 bits per heavy atom. The Balaban J connectivity index is 1.48. The molecule has 0 bridgehead atoms. The lowest BCUT2D eigenvalue weighted by Crippen LogP contribution is -1.96. The molecule has 0 heterocycles. The summed E-state index contributed by atoms with van der Waals surface area (Å²) >= 11 is 0. The molecule has 0 N–H and O–H groups in total. The van der Waals surface area contributed by atoms with E-state index in [0.29, 0.717) is 0 Å². The topological polar surface area (TPSA) is 0 Å². The molecule has 0 radical (unpaired) electrons. The minimum Gasteiger partial charge on any atom is -0.0984 e. The van der Waals surface area contributed by atoms with Gasteiger partial charge in [0.25, 0.3) is 0 Å².